The number of nitrogens with zero attached hydrogens (tertiary/aromatic N) is 2. The predicted molar refractivity (Wildman–Crippen MR) is 92.6 cm³/mol. The van der Waals surface area contributed by atoms with Crippen LogP contribution >= 0.6 is 23.4 Å². The van der Waals surface area contributed by atoms with Crippen LogP contribution in [0, 0.1) is 5.82 Å². The van der Waals surface area contributed by atoms with E-state index in [2.05, 4.69) is 20.5 Å². The predicted octanol–water partition coefficient (Wildman–Crippen LogP) is 4.00. The molecule has 0 fully saturated rings. The number of aromatic nitrogens is 3. The Bertz CT molecular complexity index is 856. The van der Waals surface area contributed by atoms with Crippen molar-refractivity contribution in [2.75, 3.05) is 11.1 Å². The van der Waals surface area contributed by atoms with Crippen LogP contribution in [-0.4, -0.2) is 26.8 Å². The maximum absolute atomic E-state index is 13.6. The Kier molecular flexibility index (Phi) is 5.12. The van der Waals surface area contributed by atoms with Crippen LogP contribution in [0.5, 0.6) is 0 Å². The number of benzene rings is 2. The Hall–Kier alpha value is -2.38. The van der Waals surface area contributed by atoms with Crippen LogP contribution in [-0.2, 0) is 4.79 Å². The molecule has 0 spiro atoms. The van der Waals surface area contributed by atoms with E-state index in [-0.39, 0.29) is 22.4 Å². The number of carbonyl (C=O) groups is 1. The van der Waals surface area contributed by atoms with Crippen molar-refractivity contribution in [3.05, 3.63) is 59.4 Å². The maximum Gasteiger partial charge on any atom is 0.234 e. The van der Waals surface area contributed by atoms with E-state index < -0.39 is 5.82 Å². The first-order valence-corrected chi connectivity index (χ1v) is 8.34. The minimum absolute atomic E-state index is 0.0636. The van der Waals surface area contributed by atoms with Crippen LogP contribution in [0.3, 0.4) is 0 Å². The summed E-state index contributed by atoms with van der Waals surface area (Å²) in [6.07, 6.45) is 0. The summed E-state index contributed by atoms with van der Waals surface area (Å²) in [6, 6.07) is 13.6. The lowest BCUT2D eigenvalue weighted by molar-refractivity contribution is -0.113. The number of anilines is 1. The van der Waals surface area contributed by atoms with E-state index in [1.165, 1.54) is 12.1 Å². The highest BCUT2D eigenvalue weighted by molar-refractivity contribution is 7.99. The summed E-state index contributed by atoms with van der Waals surface area (Å²) in [7, 11) is 0. The first kappa shape index (κ1) is 16.5. The largest absolute Gasteiger partial charge is 0.323 e. The molecule has 0 unspecified atom stereocenters. The molecular formula is C16H12ClFN4OS. The third-order valence-corrected chi connectivity index (χ3v) is 4.13. The van der Waals surface area contributed by atoms with Gasteiger partial charge >= 0.3 is 0 Å². The van der Waals surface area contributed by atoms with Crippen molar-refractivity contribution in [1.82, 2.24) is 15.2 Å². The number of aromatic amines is 1. The lowest BCUT2D eigenvalue weighted by atomic mass is 10.2. The molecule has 3 rings (SSSR count). The Morgan fingerprint density at radius 3 is 2.79 bits per heavy atom. The summed E-state index contributed by atoms with van der Waals surface area (Å²) in [4.78, 5) is 16.2. The minimum Gasteiger partial charge on any atom is -0.323 e. The van der Waals surface area contributed by atoms with Gasteiger partial charge in [0, 0.05) is 10.6 Å². The Balaban J connectivity index is 1.58. The molecule has 0 aliphatic rings. The van der Waals surface area contributed by atoms with E-state index in [4.69, 9.17) is 11.6 Å². The Labute approximate surface area is 146 Å². The lowest BCUT2D eigenvalue weighted by Gasteiger charge is -2.05. The van der Waals surface area contributed by atoms with E-state index in [0.717, 1.165) is 23.4 Å². The summed E-state index contributed by atoms with van der Waals surface area (Å²) in [5, 5.41) is 10.1. The van der Waals surface area contributed by atoms with Crippen molar-refractivity contribution >= 4 is 35.0 Å². The van der Waals surface area contributed by atoms with Gasteiger partial charge in [-0.2, -0.15) is 0 Å². The molecule has 1 aromatic heterocycles. The molecule has 8 heteroatoms. The van der Waals surface area contributed by atoms with E-state index in [9.17, 15) is 9.18 Å². The van der Waals surface area contributed by atoms with Crippen molar-refractivity contribution in [1.29, 1.82) is 0 Å². The van der Waals surface area contributed by atoms with Gasteiger partial charge in [-0.1, -0.05) is 53.7 Å². The van der Waals surface area contributed by atoms with Gasteiger partial charge in [-0.15, -0.1) is 5.10 Å². The zero-order valence-electron chi connectivity index (χ0n) is 12.3. The smallest absolute Gasteiger partial charge is 0.234 e. The topological polar surface area (TPSA) is 70.7 Å². The summed E-state index contributed by atoms with van der Waals surface area (Å²) in [5.41, 5.74) is 0.995. The number of hydrogen-bond acceptors (Lipinski definition) is 4. The van der Waals surface area contributed by atoms with Crippen LogP contribution in [0.15, 0.2) is 53.7 Å². The molecule has 0 aliphatic carbocycles. The van der Waals surface area contributed by atoms with Crippen molar-refractivity contribution < 1.29 is 9.18 Å². The van der Waals surface area contributed by atoms with Crippen LogP contribution in [0.4, 0.5) is 10.1 Å². The molecule has 24 heavy (non-hydrogen) atoms. The summed E-state index contributed by atoms with van der Waals surface area (Å²) < 4.78 is 13.6. The number of thioether (sulfide) groups is 1. The fraction of sp³-hybridized carbons (Fsp3) is 0.0625. The monoisotopic (exact) mass is 362 g/mol. The molecular weight excluding hydrogens is 351 g/mol. The number of H-pyrrole nitrogens is 1. The average Bonchev–Trinajstić information content (AvgIpc) is 3.05. The first-order chi connectivity index (χ1) is 11.6. The number of nitrogens with one attached hydrogen (secondary N) is 2. The third kappa shape index (κ3) is 4.12. The Morgan fingerprint density at radius 1 is 1.25 bits per heavy atom. The van der Waals surface area contributed by atoms with Crippen LogP contribution in [0.1, 0.15) is 0 Å². The number of rotatable bonds is 5. The lowest BCUT2D eigenvalue weighted by Crippen LogP contribution is -2.15. The molecule has 2 aromatic carbocycles. The quantitative estimate of drug-likeness (QED) is 0.673. The molecule has 0 saturated carbocycles. The van der Waals surface area contributed by atoms with Crippen molar-refractivity contribution in [3.8, 4) is 11.4 Å². The molecule has 0 saturated heterocycles. The molecule has 0 atom stereocenters. The van der Waals surface area contributed by atoms with Crippen molar-refractivity contribution in [3.63, 3.8) is 0 Å². The highest BCUT2D eigenvalue weighted by atomic mass is 35.5. The SMILES string of the molecule is O=C(CSc1n[nH]c(-c2ccccc2)n1)Nc1ccc(Cl)cc1F. The fourth-order valence-corrected chi connectivity index (χ4v) is 2.70. The molecule has 1 amide bonds. The summed E-state index contributed by atoms with van der Waals surface area (Å²) in [5.74, 6) is -0.242. The van der Waals surface area contributed by atoms with Gasteiger partial charge in [-0.05, 0) is 18.2 Å². The molecule has 3 aromatic rings. The van der Waals surface area contributed by atoms with E-state index in [0.29, 0.717) is 11.0 Å². The molecule has 2 N–H and O–H groups in total. The van der Waals surface area contributed by atoms with E-state index in [1.807, 2.05) is 30.3 Å². The zero-order valence-corrected chi connectivity index (χ0v) is 13.9. The van der Waals surface area contributed by atoms with Crippen LogP contribution < -0.4 is 5.32 Å². The molecule has 1 heterocycles. The van der Waals surface area contributed by atoms with Crippen molar-refractivity contribution in [2.45, 2.75) is 5.16 Å². The third-order valence-electron chi connectivity index (χ3n) is 3.05. The number of amides is 1. The van der Waals surface area contributed by atoms with Gasteiger partial charge in [-0.3, -0.25) is 9.89 Å². The summed E-state index contributed by atoms with van der Waals surface area (Å²) >= 11 is 6.83. The second-order valence-corrected chi connectivity index (χ2v) is 6.17. The number of hydrogen-bond donors (Lipinski definition) is 2. The van der Waals surface area contributed by atoms with Gasteiger partial charge in [-0.25, -0.2) is 9.37 Å². The molecule has 0 radical (unpaired) electrons. The Morgan fingerprint density at radius 2 is 2.04 bits per heavy atom. The van der Waals surface area contributed by atoms with Gasteiger partial charge in [0.05, 0.1) is 11.4 Å². The number of carbonyl (C=O) groups excluding carboxylic acids is 1. The van der Waals surface area contributed by atoms with Crippen LogP contribution in [0.25, 0.3) is 11.4 Å². The van der Waals surface area contributed by atoms with Crippen LogP contribution in [0.2, 0.25) is 5.02 Å². The minimum atomic E-state index is -0.579. The molecule has 122 valence electrons. The standard InChI is InChI=1S/C16H12ClFN4OS/c17-11-6-7-13(12(18)8-11)19-14(23)9-24-16-20-15(21-22-16)10-4-2-1-3-5-10/h1-8H,9H2,(H,19,23)(H,20,21,22). The highest BCUT2D eigenvalue weighted by Gasteiger charge is 2.11. The highest BCUT2D eigenvalue weighted by Crippen LogP contribution is 2.21. The second-order valence-electron chi connectivity index (χ2n) is 4.79. The van der Waals surface area contributed by atoms with Gasteiger partial charge in [0.25, 0.3) is 0 Å². The van der Waals surface area contributed by atoms with Gasteiger partial charge in [0.2, 0.25) is 11.1 Å². The molecule has 5 nitrogen and oxygen atoms in total. The maximum atomic E-state index is 13.6. The fourth-order valence-electron chi connectivity index (χ4n) is 1.94. The number of halogens is 2. The average molecular weight is 363 g/mol. The van der Waals surface area contributed by atoms with Gasteiger partial charge < -0.3 is 5.32 Å². The van der Waals surface area contributed by atoms with E-state index >= 15 is 0 Å². The second kappa shape index (κ2) is 7.46. The van der Waals surface area contributed by atoms with Crippen molar-refractivity contribution in [2.24, 2.45) is 0 Å². The molecule has 0 bridgehead atoms. The van der Waals surface area contributed by atoms with E-state index in [1.54, 1.807) is 0 Å². The van der Waals surface area contributed by atoms with Gasteiger partial charge in [0.15, 0.2) is 5.82 Å². The normalized spacial score (nSPS) is 10.6. The molecule has 0 aliphatic heterocycles. The summed E-state index contributed by atoms with van der Waals surface area (Å²) in [6.45, 7) is 0. The first-order valence-electron chi connectivity index (χ1n) is 6.97. The zero-order chi connectivity index (χ0) is 16.9. The van der Waals surface area contributed by atoms with Gasteiger partial charge in [0.1, 0.15) is 5.82 Å².